The summed E-state index contributed by atoms with van der Waals surface area (Å²) in [6.45, 7) is 4.72. The molecule has 1 atom stereocenters. The van der Waals surface area contributed by atoms with Crippen LogP contribution in [0.15, 0.2) is 18.2 Å². The topological polar surface area (TPSA) is 46.3 Å². The highest BCUT2D eigenvalue weighted by Gasteiger charge is 2.28. The first-order chi connectivity index (χ1) is 7.08. The number of hydrogen-bond donors (Lipinski definition) is 1. The van der Waals surface area contributed by atoms with Crippen molar-refractivity contribution in [1.29, 1.82) is 0 Å². The third kappa shape index (κ3) is 1.88. The Kier molecular flexibility index (Phi) is 2.49. The highest BCUT2D eigenvalue weighted by Crippen LogP contribution is 2.25. The first-order valence-electron chi connectivity index (χ1n) is 5.21. The molecule has 15 heavy (non-hydrogen) atoms. The highest BCUT2D eigenvalue weighted by molar-refractivity contribution is 5.96. The molecule has 1 aromatic rings. The van der Waals surface area contributed by atoms with Crippen molar-refractivity contribution in [3.05, 3.63) is 29.3 Å². The van der Waals surface area contributed by atoms with Crippen LogP contribution < -0.4 is 10.6 Å². The van der Waals surface area contributed by atoms with Crippen LogP contribution in [0, 0.1) is 13.8 Å². The molecular weight excluding hydrogens is 188 g/mol. The zero-order valence-corrected chi connectivity index (χ0v) is 9.16. The molecular formula is C12H16N2O. The number of hydrogen-bond acceptors (Lipinski definition) is 2. The van der Waals surface area contributed by atoms with Crippen molar-refractivity contribution in [1.82, 2.24) is 0 Å². The number of benzene rings is 1. The summed E-state index contributed by atoms with van der Waals surface area (Å²) in [6.07, 6.45) is 0.466. The SMILES string of the molecule is Cc1ccc(N2CC(N)CC2=O)c(C)c1. The number of rotatable bonds is 1. The van der Waals surface area contributed by atoms with Crippen LogP contribution in [0.5, 0.6) is 0 Å². The fourth-order valence-electron chi connectivity index (χ4n) is 2.08. The van der Waals surface area contributed by atoms with Gasteiger partial charge in [-0.05, 0) is 25.5 Å². The molecule has 2 N–H and O–H groups in total. The Morgan fingerprint density at radius 1 is 1.40 bits per heavy atom. The molecule has 0 saturated carbocycles. The van der Waals surface area contributed by atoms with E-state index in [-0.39, 0.29) is 11.9 Å². The molecule has 1 fully saturated rings. The van der Waals surface area contributed by atoms with Crippen LogP contribution in [0.1, 0.15) is 17.5 Å². The Morgan fingerprint density at radius 2 is 2.13 bits per heavy atom. The summed E-state index contributed by atoms with van der Waals surface area (Å²) >= 11 is 0. The van der Waals surface area contributed by atoms with Gasteiger partial charge in [0.1, 0.15) is 0 Å². The minimum absolute atomic E-state index is 0.0156. The first-order valence-corrected chi connectivity index (χ1v) is 5.21. The van der Waals surface area contributed by atoms with Gasteiger partial charge in [0.15, 0.2) is 0 Å². The summed E-state index contributed by atoms with van der Waals surface area (Å²) in [6, 6.07) is 6.10. The fraction of sp³-hybridized carbons (Fsp3) is 0.417. The van der Waals surface area contributed by atoms with E-state index in [4.69, 9.17) is 5.73 Å². The lowest BCUT2D eigenvalue weighted by Gasteiger charge is -2.18. The van der Waals surface area contributed by atoms with Crippen molar-refractivity contribution in [2.24, 2.45) is 5.73 Å². The number of carbonyl (C=O) groups excluding carboxylic acids is 1. The summed E-state index contributed by atoms with van der Waals surface area (Å²) in [5, 5.41) is 0. The van der Waals surface area contributed by atoms with Gasteiger partial charge in [-0.3, -0.25) is 4.79 Å². The van der Waals surface area contributed by atoms with Gasteiger partial charge in [-0.1, -0.05) is 17.7 Å². The van der Waals surface area contributed by atoms with E-state index < -0.39 is 0 Å². The average molecular weight is 204 g/mol. The fourth-order valence-corrected chi connectivity index (χ4v) is 2.08. The second kappa shape index (κ2) is 3.66. The third-order valence-electron chi connectivity index (χ3n) is 2.80. The molecule has 0 radical (unpaired) electrons. The van der Waals surface area contributed by atoms with Gasteiger partial charge in [-0.15, -0.1) is 0 Å². The van der Waals surface area contributed by atoms with Crippen LogP contribution in [0.25, 0.3) is 0 Å². The minimum atomic E-state index is -0.0156. The maximum Gasteiger partial charge on any atom is 0.228 e. The predicted octanol–water partition coefficient (Wildman–Crippen LogP) is 1.37. The minimum Gasteiger partial charge on any atom is -0.326 e. The van der Waals surface area contributed by atoms with E-state index in [9.17, 15) is 4.79 Å². The quantitative estimate of drug-likeness (QED) is 0.751. The second-order valence-corrected chi connectivity index (χ2v) is 4.26. The van der Waals surface area contributed by atoms with E-state index in [1.54, 1.807) is 4.90 Å². The lowest BCUT2D eigenvalue weighted by Crippen LogP contribution is -2.28. The molecule has 1 heterocycles. The maximum absolute atomic E-state index is 11.7. The van der Waals surface area contributed by atoms with Gasteiger partial charge >= 0.3 is 0 Å². The standard InChI is InChI=1S/C12H16N2O/c1-8-3-4-11(9(2)5-8)14-7-10(13)6-12(14)15/h3-5,10H,6-7,13H2,1-2H3. The Balaban J connectivity index is 2.34. The van der Waals surface area contributed by atoms with Gasteiger partial charge in [-0.2, -0.15) is 0 Å². The van der Waals surface area contributed by atoms with Crippen LogP contribution >= 0.6 is 0 Å². The number of nitrogens with zero attached hydrogens (tertiary/aromatic N) is 1. The normalized spacial score (nSPS) is 21.1. The molecule has 80 valence electrons. The van der Waals surface area contributed by atoms with Gasteiger partial charge in [0.2, 0.25) is 5.91 Å². The molecule has 1 aliphatic rings. The molecule has 1 unspecified atom stereocenters. The number of nitrogens with two attached hydrogens (primary N) is 1. The van der Waals surface area contributed by atoms with E-state index in [1.807, 2.05) is 26.0 Å². The van der Waals surface area contributed by atoms with E-state index in [2.05, 4.69) is 6.07 Å². The molecule has 2 rings (SSSR count). The van der Waals surface area contributed by atoms with Crippen molar-refractivity contribution in [3.63, 3.8) is 0 Å². The summed E-state index contributed by atoms with van der Waals surface area (Å²) in [7, 11) is 0. The zero-order chi connectivity index (χ0) is 11.0. The van der Waals surface area contributed by atoms with Gasteiger partial charge in [0, 0.05) is 24.7 Å². The molecule has 1 amide bonds. The van der Waals surface area contributed by atoms with E-state index in [0.29, 0.717) is 13.0 Å². The van der Waals surface area contributed by atoms with Crippen molar-refractivity contribution in [2.75, 3.05) is 11.4 Å². The van der Waals surface area contributed by atoms with Gasteiger partial charge in [0.05, 0.1) is 0 Å². The molecule has 0 spiro atoms. The Hall–Kier alpha value is -1.35. The second-order valence-electron chi connectivity index (χ2n) is 4.26. The smallest absolute Gasteiger partial charge is 0.228 e. The third-order valence-corrected chi connectivity index (χ3v) is 2.80. The van der Waals surface area contributed by atoms with Crippen LogP contribution in [0.2, 0.25) is 0 Å². The summed E-state index contributed by atoms with van der Waals surface area (Å²) < 4.78 is 0. The van der Waals surface area contributed by atoms with Gasteiger partial charge < -0.3 is 10.6 Å². The molecule has 1 saturated heterocycles. The zero-order valence-electron chi connectivity index (χ0n) is 9.16. The molecule has 3 nitrogen and oxygen atoms in total. The Morgan fingerprint density at radius 3 is 2.67 bits per heavy atom. The van der Waals surface area contributed by atoms with E-state index in [1.165, 1.54) is 5.56 Å². The van der Waals surface area contributed by atoms with Crippen LogP contribution in [-0.4, -0.2) is 18.5 Å². The molecule has 0 aliphatic carbocycles. The van der Waals surface area contributed by atoms with Crippen LogP contribution in [0.3, 0.4) is 0 Å². The van der Waals surface area contributed by atoms with Gasteiger partial charge in [0.25, 0.3) is 0 Å². The monoisotopic (exact) mass is 204 g/mol. The largest absolute Gasteiger partial charge is 0.326 e. The lowest BCUT2D eigenvalue weighted by atomic mass is 10.1. The summed E-state index contributed by atoms with van der Waals surface area (Å²) in [4.78, 5) is 13.5. The summed E-state index contributed by atoms with van der Waals surface area (Å²) in [5.41, 5.74) is 9.12. The average Bonchev–Trinajstić information content (AvgIpc) is 2.45. The van der Waals surface area contributed by atoms with Gasteiger partial charge in [-0.25, -0.2) is 0 Å². The van der Waals surface area contributed by atoms with Crippen molar-refractivity contribution in [3.8, 4) is 0 Å². The Bertz CT molecular complexity index is 401. The Labute approximate surface area is 89.9 Å². The lowest BCUT2D eigenvalue weighted by molar-refractivity contribution is -0.117. The van der Waals surface area contributed by atoms with Crippen LogP contribution in [0.4, 0.5) is 5.69 Å². The maximum atomic E-state index is 11.7. The van der Waals surface area contributed by atoms with Crippen molar-refractivity contribution < 1.29 is 4.79 Å². The highest BCUT2D eigenvalue weighted by atomic mass is 16.2. The molecule has 1 aromatic carbocycles. The number of anilines is 1. The summed E-state index contributed by atoms with van der Waals surface area (Å²) in [5.74, 6) is 0.134. The van der Waals surface area contributed by atoms with Crippen LogP contribution in [-0.2, 0) is 4.79 Å². The number of carbonyl (C=O) groups is 1. The van der Waals surface area contributed by atoms with Crippen molar-refractivity contribution in [2.45, 2.75) is 26.3 Å². The number of amides is 1. The predicted molar refractivity (Wildman–Crippen MR) is 60.9 cm³/mol. The molecule has 3 heteroatoms. The van der Waals surface area contributed by atoms with E-state index in [0.717, 1.165) is 11.3 Å². The number of aryl methyl sites for hydroxylation is 2. The molecule has 0 aromatic heterocycles. The van der Waals surface area contributed by atoms with E-state index >= 15 is 0 Å². The molecule has 1 aliphatic heterocycles. The first kappa shape index (κ1) is 10.2. The molecule has 0 bridgehead atoms. The van der Waals surface area contributed by atoms with Crippen molar-refractivity contribution >= 4 is 11.6 Å².